The summed E-state index contributed by atoms with van der Waals surface area (Å²) in [5.74, 6) is 0.967. The maximum Gasteiger partial charge on any atom is 0.124 e. The van der Waals surface area contributed by atoms with Crippen molar-refractivity contribution < 1.29 is 4.39 Å². The second kappa shape index (κ2) is 7.75. The molecule has 0 bridgehead atoms. The number of rotatable bonds is 7. The van der Waals surface area contributed by atoms with Crippen LogP contribution >= 0.6 is 11.6 Å². The summed E-state index contributed by atoms with van der Waals surface area (Å²) in [5, 5.41) is 3.97. The molecule has 0 radical (unpaired) electrons. The molecule has 1 aromatic rings. The van der Waals surface area contributed by atoms with Crippen molar-refractivity contribution in [3.63, 3.8) is 0 Å². The Kier molecular flexibility index (Phi) is 6.66. The molecule has 1 N–H and O–H groups in total. The average molecular weight is 272 g/mol. The third kappa shape index (κ3) is 5.83. The summed E-state index contributed by atoms with van der Waals surface area (Å²) >= 11 is 6.02. The third-order valence-corrected chi connectivity index (χ3v) is 3.30. The van der Waals surface area contributed by atoms with Crippen LogP contribution in [0.2, 0.25) is 5.02 Å². The van der Waals surface area contributed by atoms with Crippen LogP contribution in [0.4, 0.5) is 4.39 Å². The first-order valence-corrected chi connectivity index (χ1v) is 7.01. The predicted octanol–water partition coefficient (Wildman–Crippen LogP) is 4.29. The lowest BCUT2D eigenvalue weighted by Crippen LogP contribution is -2.22. The monoisotopic (exact) mass is 271 g/mol. The zero-order valence-corrected chi connectivity index (χ0v) is 12.2. The van der Waals surface area contributed by atoms with E-state index in [0.29, 0.717) is 16.9 Å². The highest BCUT2D eigenvalue weighted by Crippen LogP contribution is 2.21. The van der Waals surface area contributed by atoms with Crippen LogP contribution in [0.25, 0.3) is 0 Å². The molecule has 0 heterocycles. The molecule has 0 spiro atoms. The first kappa shape index (κ1) is 15.5. The highest BCUT2D eigenvalue weighted by molar-refractivity contribution is 6.31. The molecule has 0 aliphatic rings. The van der Waals surface area contributed by atoms with Gasteiger partial charge in [0, 0.05) is 5.02 Å². The van der Waals surface area contributed by atoms with Crippen LogP contribution in [0.15, 0.2) is 18.2 Å². The molecule has 0 aliphatic heterocycles. The first-order valence-electron chi connectivity index (χ1n) is 6.63. The van der Waals surface area contributed by atoms with E-state index in [1.165, 1.54) is 12.1 Å². The summed E-state index contributed by atoms with van der Waals surface area (Å²) in [6, 6.07) is 4.65. The number of nitrogens with one attached hydrogen (secondary N) is 1. The zero-order chi connectivity index (χ0) is 13.5. The van der Waals surface area contributed by atoms with Gasteiger partial charge in [-0.25, -0.2) is 4.39 Å². The van der Waals surface area contributed by atoms with Gasteiger partial charge in [-0.15, -0.1) is 0 Å². The van der Waals surface area contributed by atoms with E-state index in [1.54, 1.807) is 6.07 Å². The van der Waals surface area contributed by atoms with Crippen molar-refractivity contribution in [3.8, 4) is 0 Å². The number of halogens is 2. The Labute approximate surface area is 115 Å². The van der Waals surface area contributed by atoms with E-state index >= 15 is 0 Å². The van der Waals surface area contributed by atoms with Crippen LogP contribution in [0.3, 0.4) is 0 Å². The average Bonchev–Trinajstić information content (AvgIpc) is 2.28. The van der Waals surface area contributed by atoms with Gasteiger partial charge in [0.15, 0.2) is 0 Å². The van der Waals surface area contributed by atoms with Gasteiger partial charge in [0.2, 0.25) is 0 Å². The molecular weight excluding hydrogens is 249 g/mol. The Morgan fingerprint density at radius 2 is 2.00 bits per heavy atom. The van der Waals surface area contributed by atoms with Crippen molar-refractivity contribution >= 4 is 11.6 Å². The fourth-order valence-electron chi connectivity index (χ4n) is 1.90. The minimum absolute atomic E-state index is 0.269. The van der Waals surface area contributed by atoms with Crippen LogP contribution in [0.1, 0.15) is 32.8 Å². The molecule has 3 heteroatoms. The molecule has 0 aliphatic carbocycles. The van der Waals surface area contributed by atoms with E-state index in [-0.39, 0.29) is 5.82 Å². The van der Waals surface area contributed by atoms with Gasteiger partial charge < -0.3 is 5.32 Å². The third-order valence-electron chi connectivity index (χ3n) is 2.95. The van der Waals surface area contributed by atoms with E-state index in [2.05, 4.69) is 26.1 Å². The molecule has 1 rings (SSSR count). The van der Waals surface area contributed by atoms with E-state index in [0.717, 1.165) is 31.5 Å². The molecule has 1 atom stereocenters. The van der Waals surface area contributed by atoms with Crippen molar-refractivity contribution in [3.05, 3.63) is 34.6 Å². The van der Waals surface area contributed by atoms with Crippen molar-refractivity contribution in [2.75, 3.05) is 13.1 Å². The fraction of sp³-hybridized carbons (Fsp3) is 0.600. The van der Waals surface area contributed by atoms with Gasteiger partial charge in [0.05, 0.1) is 0 Å². The quantitative estimate of drug-likeness (QED) is 0.730. The molecule has 1 aromatic carbocycles. The van der Waals surface area contributed by atoms with Gasteiger partial charge in [-0.05, 0) is 55.5 Å². The normalized spacial score (nSPS) is 13.0. The Balaban J connectivity index is 2.33. The van der Waals surface area contributed by atoms with Gasteiger partial charge in [-0.3, -0.25) is 0 Å². The molecule has 18 heavy (non-hydrogen) atoms. The molecule has 1 nitrogen and oxygen atoms in total. The predicted molar refractivity (Wildman–Crippen MR) is 76.6 cm³/mol. The molecule has 0 fully saturated rings. The van der Waals surface area contributed by atoms with Gasteiger partial charge in [0.1, 0.15) is 5.82 Å². The van der Waals surface area contributed by atoms with Crippen LogP contribution in [-0.2, 0) is 6.42 Å². The summed E-state index contributed by atoms with van der Waals surface area (Å²) in [4.78, 5) is 0. The maximum absolute atomic E-state index is 12.9. The van der Waals surface area contributed by atoms with Crippen LogP contribution < -0.4 is 5.32 Å². The lowest BCUT2D eigenvalue weighted by molar-refractivity contribution is 0.474. The van der Waals surface area contributed by atoms with Gasteiger partial charge >= 0.3 is 0 Å². The zero-order valence-electron chi connectivity index (χ0n) is 11.5. The van der Waals surface area contributed by atoms with E-state index in [4.69, 9.17) is 11.6 Å². The minimum atomic E-state index is -0.269. The van der Waals surface area contributed by atoms with Crippen LogP contribution in [-0.4, -0.2) is 13.1 Å². The van der Waals surface area contributed by atoms with Crippen molar-refractivity contribution in [2.24, 2.45) is 11.8 Å². The summed E-state index contributed by atoms with van der Waals surface area (Å²) in [6.45, 7) is 8.70. The van der Waals surface area contributed by atoms with Crippen molar-refractivity contribution in [2.45, 2.75) is 33.6 Å². The Bertz CT molecular complexity index is 366. The van der Waals surface area contributed by atoms with Crippen LogP contribution in [0.5, 0.6) is 0 Å². The highest BCUT2D eigenvalue weighted by atomic mass is 35.5. The molecule has 102 valence electrons. The number of hydrogen-bond acceptors (Lipinski definition) is 1. The molecular formula is C15H23ClFN. The van der Waals surface area contributed by atoms with Gasteiger partial charge in [-0.2, -0.15) is 0 Å². The Hall–Kier alpha value is -0.600. The minimum Gasteiger partial charge on any atom is -0.316 e. The first-order chi connectivity index (χ1) is 8.49. The maximum atomic E-state index is 12.9. The fourth-order valence-corrected chi connectivity index (χ4v) is 2.15. The smallest absolute Gasteiger partial charge is 0.124 e. The summed E-state index contributed by atoms with van der Waals surface area (Å²) < 4.78 is 12.9. The number of benzene rings is 1. The van der Waals surface area contributed by atoms with Crippen molar-refractivity contribution in [1.29, 1.82) is 0 Å². The lowest BCUT2D eigenvalue weighted by atomic mass is 9.98. The van der Waals surface area contributed by atoms with Gasteiger partial charge in [0.25, 0.3) is 0 Å². The van der Waals surface area contributed by atoms with Gasteiger partial charge in [-0.1, -0.05) is 38.4 Å². The Morgan fingerprint density at radius 3 is 2.61 bits per heavy atom. The summed E-state index contributed by atoms with van der Waals surface area (Å²) in [7, 11) is 0. The summed E-state index contributed by atoms with van der Waals surface area (Å²) in [5.41, 5.74) is 1.04. The van der Waals surface area contributed by atoms with E-state index in [1.807, 2.05) is 0 Å². The highest BCUT2D eigenvalue weighted by Gasteiger charge is 2.07. The summed E-state index contributed by atoms with van der Waals surface area (Å²) in [6.07, 6.45) is 2.02. The van der Waals surface area contributed by atoms with E-state index < -0.39 is 0 Å². The van der Waals surface area contributed by atoms with E-state index in [9.17, 15) is 4.39 Å². The van der Waals surface area contributed by atoms with Crippen molar-refractivity contribution in [1.82, 2.24) is 5.32 Å². The lowest BCUT2D eigenvalue weighted by Gasteiger charge is -2.14. The SMILES string of the molecule is CC(C)CNCCC(C)Cc1ccc(F)cc1Cl. The molecule has 0 saturated heterocycles. The second-order valence-corrected chi connectivity index (χ2v) is 5.84. The van der Waals surface area contributed by atoms with Crippen LogP contribution in [0, 0.1) is 17.7 Å². The second-order valence-electron chi connectivity index (χ2n) is 5.43. The Morgan fingerprint density at radius 1 is 1.28 bits per heavy atom. The number of hydrogen-bond donors (Lipinski definition) is 1. The molecule has 0 amide bonds. The largest absolute Gasteiger partial charge is 0.316 e. The molecule has 1 unspecified atom stereocenters. The molecule has 0 aromatic heterocycles. The topological polar surface area (TPSA) is 12.0 Å². The molecule has 0 saturated carbocycles. The standard InChI is InChI=1S/C15H23ClFN/c1-11(2)10-18-7-6-12(3)8-13-4-5-14(17)9-15(13)16/h4-5,9,11-12,18H,6-8,10H2,1-3H3.